The van der Waals surface area contributed by atoms with Crippen LogP contribution in [0.1, 0.15) is 0 Å². The molecule has 7 nitrogen and oxygen atoms in total. The lowest BCUT2D eigenvalue weighted by Gasteiger charge is -2.08. The van der Waals surface area contributed by atoms with E-state index in [0.717, 1.165) is 10.0 Å². The fourth-order valence-corrected chi connectivity index (χ4v) is 3.14. The largest absolute Gasteiger partial charge is 0.310 e. The predicted molar refractivity (Wildman–Crippen MR) is 105 cm³/mol. The van der Waals surface area contributed by atoms with E-state index in [2.05, 4.69) is 48.0 Å². The van der Waals surface area contributed by atoms with Crippen LogP contribution in [0, 0.1) is 0 Å². The third kappa shape index (κ3) is 4.55. The molecule has 0 aliphatic heterocycles. The van der Waals surface area contributed by atoms with Gasteiger partial charge < -0.3 is 5.32 Å². The Kier molecular flexibility index (Phi) is 6.13. The molecular formula is C17H15BrN6OS. The van der Waals surface area contributed by atoms with E-state index in [0.29, 0.717) is 23.3 Å². The number of hydrogen-bond acceptors (Lipinski definition) is 6. The molecule has 0 bridgehead atoms. The van der Waals surface area contributed by atoms with Crippen molar-refractivity contribution in [2.75, 3.05) is 11.1 Å². The van der Waals surface area contributed by atoms with E-state index in [1.807, 2.05) is 22.8 Å². The summed E-state index contributed by atoms with van der Waals surface area (Å²) in [5, 5.41) is 11.9. The lowest BCUT2D eigenvalue weighted by atomic mass is 10.2. The summed E-state index contributed by atoms with van der Waals surface area (Å²) in [6, 6.07) is 7.28. The first kappa shape index (κ1) is 18.3. The highest BCUT2D eigenvalue weighted by atomic mass is 79.9. The number of carbonyl (C=O) groups is 1. The van der Waals surface area contributed by atoms with Gasteiger partial charge in [0.05, 0.1) is 5.75 Å². The van der Waals surface area contributed by atoms with Gasteiger partial charge in [-0.25, -0.2) is 4.98 Å². The van der Waals surface area contributed by atoms with Gasteiger partial charge in [0.25, 0.3) is 0 Å². The molecule has 132 valence electrons. The number of anilines is 1. The summed E-state index contributed by atoms with van der Waals surface area (Å²) in [4.78, 5) is 20.3. The van der Waals surface area contributed by atoms with Crippen molar-refractivity contribution >= 4 is 39.4 Å². The fourth-order valence-electron chi connectivity index (χ4n) is 2.16. The summed E-state index contributed by atoms with van der Waals surface area (Å²) in [5.41, 5.74) is 0.907. The molecular weight excluding hydrogens is 416 g/mol. The second kappa shape index (κ2) is 8.72. The number of hydrogen-bond donors (Lipinski definition) is 1. The molecule has 3 rings (SSSR count). The van der Waals surface area contributed by atoms with Gasteiger partial charge in [-0.3, -0.25) is 14.3 Å². The fraction of sp³-hybridized carbons (Fsp3) is 0.118. The normalized spacial score (nSPS) is 10.5. The molecule has 0 aliphatic rings. The standard InChI is InChI=1S/C17H15BrN6OS/c1-2-9-24-16(12-5-7-19-8-6-12)22-23-17(24)26-11-15(25)21-14-4-3-13(18)10-20-14/h2-8,10H,1,9,11H2,(H,20,21,25). The average molecular weight is 431 g/mol. The molecule has 3 aromatic heterocycles. The Labute approximate surface area is 163 Å². The molecule has 9 heteroatoms. The van der Waals surface area contributed by atoms with Crippen LogP contribution < -0.4 is 5.32 Å². The van der Waals surface area contributed by atoms with E-state index in [9.17, 15) is 4.79 Å². The maximum Gasteiger partial charge on any atom is 0.236 e. The summed E-state index contributed by atoms with van der Waals surface area (Å²) < 4.78 is 2.77. The number of halogens is 1. The third-order valence-electron chi connectivity index (χ3n) is 3.29. The molecule has 1 N–H and O–H groups in total. The highest BCUT2D eigenvalue weighted by Gasteiger charge is 2.15. The first-order valence-corrected chi connectivity index (χ1v) is 9.44. The van der Waals surface area contributed by atoms with Crippen LogP contribution in [0.2, 0.25) is 0 Å². The molecule has 0 aromatic carbocycles. The Bertz CT molecular complexity index is 897. The Balaban J connectivity index is 1.69. The van der Waals surface area contributed by atoms with Crippen molar-refractivity contribution in [1.82, 2.24) is 24.7 Å². The van der Waals surface area contributed by atoms with E-state index in [1.165, 1.54) is 11.8 Å². The van der Waals surface area contributed by atoms with Gasteiger partial charge in [-0.05, 0) is 40.2 Å². The van der Waals surface area contributed by atoms with Crippen LogP contribution in [0.3, 0.4) is 0 Å². The molecule has 26 heavy (non-hydrogen) atoms. The molecule has 3 aromatic rings. The molecule has 0 aliphatic carbocycles. The van der Waals surface area contributed by atoms with Crippen LogP contribution in [0.15, 0.2) is 65.1 Å². The monoisotopic (exact) mass is 430 g/mol. The van der Waals surface area contributed by atoms with E-state index in [-0.39, 0.29) is 11.7 Å². The minimum Gasteiger partial charge on any atom is -0.310 e. The molecule has 3 heterocycles. The molecule has 0 unspecified atom stereocenters. The van der Waals surface area contributed by atoms with Crippen molar-refractivity contribution in [2.45, 2.75) is 11.7 Å². The highest BCUT2D eigenvalue weighted by molar-refractivity contribution is 9.10. The molecule has 0 spiro atoms. The zero-order chi connectivity index (χ0) is 18.4. The van der Waals surface area contributed by atoms with Gasteiger partial charge in [0.15, 0.2) is 11.0 Å². The van der Waals surface area contributed by atoms with Crippen molar-refractivity contribution in [3.8, 4) is 11.4 Å². The Morgan fingerprint density at radius 3 is 2.77 bits per heavy atom. The van der Waals surface area contributed by atoms with Crippen molar-refractivity contribution < 1.29 is 4.79 Å². The summed E-state index contributed by atoms with van der Waals surface area (Å²) in [5.74, 6) is 1.25. The van der Waals surface area contributed by atoms with Gasteiger partial charge in [-0.1, -0.05) is 17.8 Å². The average Bonchev–Trinajstić information content (AvgIpc) is 3.06. The topological polar surface area (TPSA) is 85.6 Å². The number of amides is 1. The highest BCUT2D eigenvalue weighted by Crippen LogP contribution is 2.23. The molecule has 0 radical (unpaired) electrons. The van der Waals surface area contributed by atoms with Crippen molar-refractivity contribution in [2.24, 2.45) is 0 Å². The number of carbonyl (C=O) groups excluding carboxylic acids is 1. The Morgan fingerprint density at radius 1 is 1.27 bits per heavy atom. The first-order chi connectivity index (χ1) is 12.7. The summed E-state index contributed by atoms with van der Waals surface area (Å²) in [6.07, 6.45) is 6.80. The van der Waals surface area contributed by atoms with E-state index in [1.54, 1.807) is 30.7 Å². The zero-order valence-corrected chi connectivity index (χ0v) is 16.1. The number of nitrogens with zero attached hydrogens (tertiary/aromatic N) is 5. The van der Waals surface area contributed by atoms with E-state index >= 15 is 0 Å². The number of thioether (sulfide) groups is 1. The molecule has 0 saturated heterocycles. The summed E-state index contributed by atoms with van der Waals surface area (Å²) in [7, 11) is 0. The predicted octanol–water partition coefficient (Wildman–Crippen LogP) is 3.41. The minimum atomic E-state index is -0.163. The van der Waals surface area contributed by atoms with Gasteiger partial charge in [0, 0.05) is 35.2 Å². The van der Waals surface area contributed by atoms with Gasteiger partial charge in [0.2, 0.25) is 5.91 Å². The summed E-state index contributed by atoms with van der Waals surface area (Å²) >= 11 is 4.62. The lowest BCUT2D eigenvalue weighted by Crippen LogP contribution is -2.15. The SMILES string of the molecule is C=CCn1c(SCC(=O)Nc2ccc(Br)cn2)nnc1-c1ccncc1. The van der Waals surface area contributed by atoms with E-state index < -0.39 is 0 Å². The number of nitrogens with one attached hydrogen (secondary N) is 1. The smallest absolute Gasteiger partial charge is 0.236 e. The first-order valence-electron chi connectivity index (χ1n) is 7.66. The zero-order valence-electron chi connectivity index (χ0n) is 13.7. The molecule has 0 fully saturated rings. The van der Waals surface area contributed by atoms with Crippen LogP contribution in [0.25, 0.3) is 11.4 Å². The van der Waals surface area contributed by atoms with Crippen molar-refractivity contribution in [1.29, 1.82) is 0 Å². The van der Waals surface area contributed by atoms with Gasteiger partial charge in [-0.15, -0.1) is 16.8 Å². The quantitative estimate of drug-likeness (QED) is 0.456. The van der Waals surface area contributed by atoms with Crippen molar-refractivity contribution in [3.05, 3.63) is 60.0 Å². The number of rotatable bonds is 7. The Morgan fingerprint density at radius 2 is 2.08 bits per heavy atom. The molecule has 0 saturated carbocycles. The van der Waals surface area contributed by atoms with Crippen LogP contribution >= 0.6 is 27.7 Å². The van der Waals surface area contributed by atoms with Crippen LogP contribution in [-0.4, -0.2) is 36.4 Å². The minimum absolute atomic E-state index is 0.163. The maximum atomic E-state index is 12.1. The van der Waals surface area contributed by atoms with Crippen LogP contribution in [-0.2, 0) is 11.3 Å². The van der Waals surface area contributed by atoms with Gasteiger partial charge in [0.1, 0.15) is 5.82 Å². The molecule has 0 atom stereocenters. The lowest BCUT2D eigenvalue weighted by molar-refractivity contribution is -0.113. The van der Waals surface area contributed by atoms with Gasteiger partial charge >= 0.3 is 0 Å². The van der Waals surface area contributed by atoms with Gasteiger partial charge in [-0.2, -0.15) is 0 Å². The number of allylic oxidation sites excluding steroid dienone is 1. The second-order valence-electron chi connectivity index (χ2n) is 5.14. The van der Waals surface area contributed by atoms with Crippen LogP contribution in [0.5, 0.6) is 0 Å². The summed E-state index contributed by atoms with van der Waals surface area (Å²) in [6.45, 7) is 4.32. The van der Waals surface area contributed by atoms with E-state index in [4.69, 9.17) is 0 Å². The van der Waals surface area contributed by atoms with Crippen molar-refractivity contribution in [3.63, 3.8) is 0 Å². The second-order valence-corrected chi connectivity index (χ2v) is 7.00. The third-order valence-corrected chi connectivity index (χ3v) is 4.73. The number of aromatic nitrogens is 5. The van der Waals surface area contributed by atoms with Crippen LogP contribution in [0.4, 0.5) is 5.82 Å². The number of pyridine rings is 2. The molecule has 1 amide bonds. The Hall–Kier alpha value is -2.52. The maximum absolute atomic E-state index is 12.1.